The molecule has 2 rings (SSSR count). The number of carbonyl (C=O) groups excluding carboxylic acids is 1. The van der Waals surface area contributed by atoms with Gasteiger partial charge in [0.25, 0.3) is 0 Å². The third-order valence-electron chi connectivity index (χ3n) is 3.32. The summed E-state index contributed by atoms with van der Waals surface area (Å²) < 4.78 is 5.72. The molecule has 0 radical (unpaired) electrons. The first-order chi connectivity index (χ1) is 8.31. The molecule has 1 heterocycles. The Labute approximate surface area is 102 Å². The molecular formula is C14H19NO2. The minimum absolute atomic E-state index is 0.106. The molecule has 92 valence electrons. The van der Waals surface area contributed by atoms with Crippen LogP contribution in [-0.2, 0) is 9.53 Å². The Bertz CT molecular complexity index is 358. The smallest absolute Gasteiger partial charge is 0.147 e. The highest BCUT2D eigenvalue weighted by molar-refractivity contribution is 5.81. The number of benzene rings is 1. The lowest BCUT2D eigenvalue weighted by molar-refractivity contribution is -0.118. The molecule has 0 aliphatic carbocycles. The Kier molecular flexibility index (Phi) is 4.29. The van der Waals surface area contributed by atoms with E-state index in [2.05, 4.69) is 12.1 Å². The molecule has 2 N–H and O–H groups in total. The minimum Gasteiger partial charge on any atom is -0.378 e. The van der Waals surface area contributed by atoms with Crippen LogP contribution in [0.1, 0.15) is 30.7 Å². The fraction of sp³-hybridized carbons (Fsp3) is 0.500. The summed E-state index contributed by atoms with van der Waals surface area (Å²) in [6, 6.07) is 10.1. The van der Waals surface area contributed by atoms with E-state index in [0.717, 1.165) is 19.4 Å². The summed E-state index contributed by atoms with van der Waals surface area (Å²) in [6.45, 7) is 0.931. The second kappa shape index (κ2) is 5.94. The predicted molar refractivity (Wildman–Crippen MR) is 66.8 cm³/mol. The van der Waals surface area contributed by atoms with Crippen molar-refractivity contribution in [2.24, 2.45) is 5.73 Å². The summed E-state index contributed by atoms with van der Waals surface area (Å²) in [7, 11) is 0. The molecule has 0 aromatic heterocycles. The van der Waals surface area contributed by atoms with Crippen LogP contribution in [0.5, 0.6) is 0 Å². The van der Waals surface area contributed by atoms with Gasteiger partial charge in [0.05, 0.1) is 12.6 Å². The van der Waals surface area contributed by atoms with Gasteiger partial charge >= 0.3 is 0 Å². The average Bonchev–Trinajstić information content (AvgIpc) is 2.90. The minimum atomic E-state index is 0.106. The van der Waals surface area contributed by atoms with E-state index < -0.39 is 0 Å². The molecule has 1 fully saturated rings. The Morgan fingerprint density at radius 3 is 2.76 bits per heavy atom. The summed E-state index contributed by atoms with van der Waals surface area (Å²) in [5.74, 6) is 0.268. The van der Waals surface area contributed by atoms with Crippen molar-refractivity contribution >= 4 is 5.78 Å². The summed E-state index contributed by atoms with van der Waals surface area (Å²) in [4.78, 5) is 11.6. The normalized spacial score (nSPS) is 21.4. The molecule has 1 saturated heterocycles. The number of hydrogen-bond acceptors (Lipinski definition) is 3. The van der Waals surface area contributed by atoms with Crippen molar-refractivity contribution in [3.05, 3.63) is 35.9 Å². The fourth-order valence-corrected chi connectivity index (χ4v) is 2.41. The van der Waals surface area contributed by atoms with Crippen molar-refractivity contribution in [2.45, 2.75) is 31.3 Å². The van der Waals surface area contributed by atoms with Gasteiger partial charge in [0.2, 0.25) is 0 Å². The van der Waals surface area contributed by atoms with E-state index in [0.29, 0.717) is 6.42 Å². The second-order valence-electron chi connectivity index (χ2n) is 4.52. The SMILES string of the molecule is NCC(=O)C[C@@H](c1ccccc1)[C@@H]1CCCO1. The van der Waals surface area contributed by atoms with Crippen LogP contribution in [0.15, 0.2) is 30.3 Å². The quantitative estimate of drug-likeness (QED) is 0.844. The van der Waals surface area contributed by atoms with Gasteiger partial charge in [-0.2, -0.15) is 0 Å². The zero-order chi connectivity index (χ0) is 12.1. The monoisotopic (exact) mass is 233 g/mol. The number of Topliss-reactive ketones (excluding diaryl/α,β-unsaturated/α-hetero) is 1. The lowest BCUT2D eigenvalue weighted by atomic mass is 9.87. The average molecular weight is 233 g/mol. The molecule has 2 atom stereocenters. The lowest BCUT2D eigenvalue weighted by Crippen LogP contribution is -2.24. The number of hydrogen-bond donors (Lipinski definition) is 1. The maximum atomic E-state index is 11.6. The predicted octanol–water partition coefficient (Wildman–Crippen LogP) is 1.87. The fourth-order valence-electron chi connectivity index (χ4n) is 2.41. The van der Waals surface area contributed by atoms with Crippen LogP contribution in [0.25, 0.3) is 0 Å². The van der Waals surface area contributed by atoms with E-state index >= 15 is 0 Å². The van der Waals surface area contributed by atoms with E-state index in [1.165, 1.54) is 5.56 Å². The van der Waals surface area contributed by atoms with Gasteiger partial charge in [0.1, 0.15) is 5.78 Å². The summed E-state index contributed by atoms with van der Waals surface area (Å²) >= 11 is 0. The lowest BCUT2D eigenvalue weighted by Gasteiger charge is -2.22. The highest BCUT2D eigenvalue weighted by Gasteiger charge is 2.28. The van der Waals surface area contributed by atoms with E-state index in [4.69, 9.17) is 10.5 Å². The van der Waals surface area contributed by atoms with E-state index in [-0.39, 0.29) is 24.3 Å². The molecule has 1 aliphatic heterocycles. The van der Waals surface area contributed by atoms with Gasteiger partial charge in [-0.25, -0.2) is 0 Å². The number of ether oxygens (including phenoxy) is 1. The van der Waals surface area contributed by atoms with Crippen molar-refractivity contribution in [3.8, 4) is 0 Å². The maximum absolute atomic E-state index is 11.6. The van der Waals surface area contributed by atoms with Crippen LogP contribution in [0.4, 0.5) is 0 Å². The van der Waals surface area contributed by atoms with Gasteiger partial charge in [-0.05, 0) is 18.4 Å². The summed E-state index contributed by atoms with van der Waals surface area (Å²) in [5, 5.41) is 0. The number of nitrogens with two attached hydrogens (primary N) is 1. The molecule has 0 amide bonds. The molecule has 0 unspecified atom stereocenters. The van der Waals surface area contributed by atoms with Crippen LogP contribution >= 0.6 is 0 Å². The third-order valence-corrected chi connectivity index (χ3v) is 3.32. The van der Waals surface area contributed by atoms with Gasteiger partial charge in [-0.1, -0.05) is 30.3 Å². The summed E-state index contributed by atoms with van der Waals surface area (Å²) in [6.07, 6.45) is 2.79. The van der Waals surface area contributed by atoms with Gasteiger partial charge in [-0.3, -0.25) is 4.79 Å². The van der Waals surface area contributed by atoms with Crippen molar-refractivity contribution < 1.29 is 9.53 Å². The van der Waals surface area contributed by atoms with Crippen LogP contribution in [0, 0.1) is 0 Å². The number of carbonyl (C=O) groups is 1. The molecule has 0 spiro atoms. The van der Waals surface area contributed by atoms with Crippen molar-refractivity contribution in [1.29, 1.82) is 0 Å². The highest BCUT2D eigenvalue weighted by Crippen LogP contribution is 2.31. The maximum Gasteiger partial charge on any atom is 0.147 e. The number of ketones is 1. The van der Waals surface area contributed by atoms with Crippen LogP contribution in [0.3, 0.4) is 0 Å². The molecule has 0 saturated carbocycles. The zero-order valence-electron chi connectivity index (χ0n) is 9.97. The Morgan fingerprint density at radius 1 is 1.41 bits per heavy atom. The highest BCUT2D eigenvalue weighted by atomic mass is 16.5. The van der Waals surface area contributed by atoms with Crippen molar-refractivity contribution in [1.82, 2.24) is 0 Å². The molecule has 0 bridgehead atoms. The first-order valence-corrected chi connectivity index (χ1v) is 6.19. The van der Waals surface area contributed by atoms with Crippen LogP contribution < -0.4 is 5.73 Å². The van der Waals surface area contributed by atoms with Gasteiger partial charge in [0, 0.05) is 18.9 Å². The molecule has 3 heteroatoms. The van der Waals surface area contributed by atoms with Crippen LogP contribution in [-0.4, -0.2) is 25.0 Å². The molecule has 17 heavy (non-hydrogen) atoms. The standard InChI is InChI=1S/C14H19NO2/c15-10-12(16)9-13(14-7-4-8-17-14)11-5-2-1-3-6-11/h1-3,5-6,13-14H,4,7-10,15H2/t13-,14-/m0/s1. The first-order valence-electron chi connectivity index (χ1n) is 6.19. The van der Waals surface area contributed by atoms with Crippen LogP contribution in [0.2, 0.25) is 0 Å². The largest absolute Gasteiger partial charge is 0.378 e. The molecule has 3 nitrogen and oxygen atoms in total. The molecule has 1 aromatic carbocycles. The first kappa shape index (κ1) is 12.3. The zero-order valence-corrected chi connectivity index (χ0v) is 9.97. The van der Waals surface area contributed by atoms with Crippen molar-refractivity contribution in [2.75, 3.05) is 13.2 Å². The molecular weight excluding hydrogens is 214 g/mol. The van der Waals surface area contributed by atoms with Crippen molar-refractivity contribution in [3.63, 3.8) is 0 Å². The molecule has 1 aliphatic rings. The molecule has 1 aromatic rings. The Morgan fingerprint density at radius 2 is 2.18 bits per heavy atom. The van der Waals surface area contributed by atoms with E-state index in [1.54, 1.807) is 0 Å². The van der Waals surface area contributed by atoms with Gasteiger partial charge in [0.15, 0.2) is 0 Å². The van der Waals surface area contributed by atoms with Gasteiger partial charge < -0.3 is 10.5 Å². The second-order valence-corrected chi connectivity index (χ2v) is 4.52. The third kappa shape index (κ3) is 3.14. The van der Waals surface area contributed by atoms with Gasteiger partial charge in [-0.15, -0.1) is 0 Å². The van der Waals surface area contributed by atoms with E-state index in [9.17, 15) is 4.79 Å². The Balaban J connectivity index is 2.14. The topological polar surface area (TPSA) is 52.3 Å². The summed E-state index contributed by atoms with van der Waals surface area (Å²) in [5.41, 5.74) is 6.59. The Hall–Kier alpha value is -1.19. The van der Waals surface area contributed by atoms with E-state index in [1.807, 2.05) is 18.2 Å². The number of rotatable bonds is 5.